The second-order valence-electron chi connectivity index (χ2n) is 5.64. The Morgan fingerprint density at radius 2 is 1.40 bits per heavy atom. The fourth-order valence-electron chi connectivity index (χ4n) is 2.98. The van der Waals surface area contributed by atoms with Gasteiger partial charge in [0.25, 0.3) is 5.56 Å². The lowest BCUT2D eigenvalue weighted by Crippen LogP contribution is -2.27. The molecular formula is C20H20N2O3. The van der Waals surface area contributed by atoms with E-state index in [-0.39, 0.29) is 23.4 Å². The standard InChI is InChI=1S/C20H20N2O3/c1-22-19(23)17(18(24-2)21-20(22)25-3)16(14-10-6-4-7-11-14)15-12-8-5-9-13-15/h4-13,16H,1-3H3. The van der Waals surface area contributed by atoms with Crippen molar-refractivity contribution in [3.63, 3.8) is 0 Å². The molecule has 3 rings (SSSR count). The van der Waals surface area contributed by atoms with Gasteiger partial charge in [-0.3, -0.25) is 9.36 Å². The quantitative estimate of drug-likeness (QED) is 0.719. The van der Waals surface area contributed by atoms with Crippen LogP contribution in [0.2, 0.25) is 0 Å². The third-order valence-electron chi connectivity index (χ3n) is 4.18. The van der Waals surface area contributed by atoms with Crippen molar-refractivity contribution in [1.29, 1.82) is 0 Å². The van der Waals surface area contributed by atoms with Crippen LogP contribution in [0.15, 0.2) is 65.5 Å². The van der Waals surface area contributed by atoms with Crippen LogP contribution in [0.4, 0.5) is 0 Å². The molecule has 0 radical (unpaired) electrons. The SMILES string of the molecule is COc1nc(OC)n(C)c(=O)c1C(c1ccccc1)c1ccccc1. The van der Waals surface area contributed by atoms with Crippen LogP contribution in [-0.2, 0) is 7.05 Å². The second-order valence-corrected chi connectivity index (χ2v) is 5.64. The maximum absolute atomic E-state index is 13.1. The van der Waals surface area contributed by atoms with Crippen molar-refractivity contribution in [1.82, 2.24) is 9.55 Å². The first-order valence-corrected chi connectivity index (χ1v) is 7.96. The molecule has 0 atom stereocenters. The molecule has 1 aromatic heterocycles. The predicted octanol–water partition coefficient (Wildman–Crippen LogP) is 2.98. The molecule has 2 aromatic carbocycles. The van der Waals surface area contributed by atoms with E-state index in [0.29, 0.717) is 5.56 Å². The first kappa shape index (κ1) is 16.8. The molecule has 0 fully saturated rings. The molecule has 5 heteroatoms. The number of benzene rings is 2. The largest absolute Gasteiger partial charge is 0.481 e. The smallest absolute Gasteiger partial charge is 0.301 e. The molecule has 0 unspecified atom stereocenters. The number of hydrogen-bond acceptors (Lipinski definition) is 4. The molecule has 0 amide bonds. The minimum atomic E-state index is -0.283. The summed E-state index contributed by atoms with van der Waals surface area (Å²) in [7, 11) is 4.63. The van der Waals surface area contributed by atoms with Crippen molar-refractivity contribution >= 4 is 0 Å². The Morgan fingerprint density at radius 1 is 0.880 bits per heavy atom. The van der Waals surface area contributed by atoms with Gasteiger partial charge in [0.05, 0.1) is 19.8 Å². The zero-order valence-corrected chi connectivity index (χ0v) is 14.5. The van der Waals surface area contributed by atoms with Gasteiger partial charge in [0, 0.05) is 13.0 Å². The van der Waals surface area contributed by atoms with Gasteiger partial charge in [-0.1, -0.05) is 60.7 Å². The molecule has 0 saturated carbocycles. The minimum absolute atomic E-state index is 0.193. The number of hydrogen-bond donors (Lipinski definition) is 0. The van der Waals surface area contributed by atoms with E-state index in [1.54, 1.807) is 7.05 Å². The van der Waals surface area contributed by atoms with Crippen LogP contribution in [0.25, 0.3) is 0 Å². The van der Waals surface area contributed by atoms with Gasteiger partial charge in [0.2, 0.25) is 5.88 Å². The van der Waals surface area contributed by atoms with Crippen molar-refractivity contribution in [3.8, 4) is 11.9 Å². The fraction of sp³-hybridized carbons (Fsp3) is 0.200. The highest BCUT2D eigenvalue weighted by atomic mass is 16.5. The third-order valence-corrected chi connectivity index (χ3v) is 4.18. The van der Waals surface area contributed by atoms with Crippen LogP contribution in [0.5, 0.6) is 11.9 Å². The number of rotatable bonds is 5. The highest BCUT2D eigenvalue weighted by Gasteiger charge is 2.27. The first-order valence-electron chi connectivity index (χ1n) is 7.96. The van der Waals surface area contributed by atoms with Gasteiger partial charge in [0.1, 0.15) is 0 Å². The summed E-state index contributed by atoms with van der Waals surface area (Å²) < 4.78 is 12.0. The molecule has 5 nitrogen and oxygen atoms in total. The van der Waals surface area contributed by atoms with Crippen LogP contribution in [-0.4, -0.2) is 23.8 Å². The first-order chi connectivity index (χ1) is 12.2. The van der Waals surface area contributed by atoms with Crippen molar-refractivity contribution < 1.29 is 9.47 Å². The number of ether oxygens (including phenoxy) is 2. The molecule has 0 bridgehead atoms. The van der Waals surface area contributed by atoms with Gasteiger partial charge in [-0.25, -0.2) is 0 Å². The van der Waals surface area contributed by atoms with E-state index in [0.717, 1.165) is 11.1 Å². The fourth-order valence-corrected chi connectivity index (χ4v) is 2.98. The summed E-state index contributed by atoms with van der Waals surface area (Å²) in [5.74, 6) is -0.00730. The minimum Gasteiger partial charge on any atom is -0.481 e. The highest BCUT2D eigenvalue weighted by Crippen LogP contribution is 2.34. The van der Waals surface area contributed by atoms with Crippen molar-refractivity contribution in [2.45, 2.75) is 5.92 Å². The zero-order chi connectivity index (χ0) is 17.8. The second kappa shape index (κ2) is 7.21. The van der Waals surface area contributed by atoms with Crippen LogP contribution < -0.4 is 15.0 Å². The maximum atomic E-state index is 13.1. The summed E-state index contributed by atoms with van der Waals surface area (Å²) in [6.45, 7) is 0. The topological polar surface area (TPSA) is 53.4 Å². The normalized spacial score (nSPS) is 10.7. The van der Waals surface area contributed by atoms with E-state index in [4.69, 9.17) is 9.47 Å². The van der Waals surface area contributed by atoms with Crippen LogP contribution in [0.1, 0.15) is 22.6 Å². The lowest BCUT2D eigenvalue weighted by Gasteiger charge is -2.21. The van der Waals surface area contributed by atoms with E-state index < -0.39 is 0 Å². The van der Waals surface area contributed by atoms with Gasteiger partial charge < -0.3 is 9.47 Å². The van der Waals surface area contributed by atoms with Crippen LogP contribution in [0, 0.1) is 0 Å². The molecule has 0 aliphatic carbocycles. The average Bonchev–Trinajstić information content (AvgIpc) is 2.67. The molecule has 0 saturated heterocycles. The molecule has 128 valence electrons. The van der Waals surface area contributed by atoms with Gasteiger partial charge in [-0.15, -0.1) is 0 Å². The Bertz CT molecular complexity index is 866. The third kappa shape index (κ3) is 3.13. The Morgan fingerprint density at radius 3 is 1.84 bits per heavy atom. The summed E-state index contributed by atoms with van der Waals surface area (Å²) in [6.07, 6.45) is 0. The molecule has 0 N–H and O–H groups in total. The lowest BCUT2D eigenvalue weighted by molar-refractivity contribution is 0.330. The van der Waals surface area contributed by atoms with Gasteiger partial charge in [-0.05, 0) is 11.1 Å². The summed E-state index contributed by atoms with van der Waals surface area (Å²) in [5.41, 5.74) is 2.29. The number of nitrogens with zero attached hydrogens (tertiary/aromatic N) is 2. The van der Waals surface area contributed by atoms with Crippen molar-refractivity contribution in [2.75, 3.05) is 14.2 Å². The average molecular weight is 336 g/mol. The van der Waals surface area contributed by atoms with E-state index in [2.05, 4.69) is 4.98 Å². The summed E-state index contributed by atoms with van der Waals surface area (Å²) in [6, 6.07) is 19.9. The van der Waals surface area contributed by atoms with E-state index in [1.165, 1.54) is 18.8 Å². The van der Waals surface area contributed by atoms with Gasteiger partial charge in [-0.2, -0.15) is 4.98 Å². The van der Waals surface area contributed by atoms with E-state index in [1.807, 2.05) is 60.7 Å². The number of aromatic nitrogens is 2. The zero-order valence-electron chi connectivity index (χ0n) is 14.5. The number of methoxy groups -OCH3 is 2. The Balaban J connectivity index is 2.32. The van der Waals surface area contributed by atoms with Crippen LogP contribution in [0.3, 0.4) is 0 Å². The predicted molar refractivity (Wildman–Crippen MR) is 96.4 cm³/mol. The maximum Gasteiger partial charge on any atom is 0.301 e. The monoisotopic (exact) mass is 336 g/mol. The molecule has 0 aliphatic heterocycles. The van der Waals surface area contributed by atoms with Crippen LogP contribution >= 0.6 is 0 Å². The Labute approximate surface area is 146 Å². The van der Waals surface area contributed by atoms with Gasteiger partial charge in [0.15, 0.2) is 0 Å². The molecule has 1 heterocycles. The summed E-state index contributed by atoms with van der Waals surface area (Å²) in [5, 5.41) is 0. The molecule has 0 aliphatic rings. The summed E-state index contributed by atoms with van der Waals surface area (Å²) >= 11 is 0. The highest BCUT2D eigenvalue weighted by molar-refractivity contribution is 5.46. The van der Waals surface area contributed by atoms with Crippen molar-refractivity contribution in [2.24, 2.45) is 7.05 Å². The lowest BCUT2D eigenvalue weighted by atomic mass is 9.86. The molecule has 25 heavy (non-hydrogen) atoms. The molecule has 0 spiro atoms. The Hall–Kier alpha value is -3.08. The summed E-state index contributed by atoms with van der Waals surface area (Å²) in [4.78, 5) is 17.4. The van der Waals surface area contributed by atoms with Gasteiger partial charge >= 0.3 is 6.01 Å². The van der Waals surface area contributed by atoms with Crippen molar-refractivity contribution in [3.05, 3.63) is 87.7 Å². The van der Waals surface area contributed by atoms with E-state index >= 15 is 0 Å². The van der Waals surface area contributed by atoms with E-state index in [9.17, 15) is 4.79 Å². The Kier molecular flexibility index (Phi) is 4.84. The molecular weight excluding hydrogens is 316 g/mol. The molecule has 3 aromatic rings.